The van der Waals surface area contributed by atoms with E-state index in [2.05, 4.69) is 15.5 Å². The van der Waals surface area contributed by atoms with E-state index in [1.54, 1.807) is 13.0 Å². The molecule has 0 amide bonds. The second-order valence-corrected chi connectivity index (χ2v) is 5.21. The number of aliphatic carboxylic acids is 1. The maximum absolute atomic E-state index is 13.1. The molecule has 0 aliphatic heterocycles. The molecule has 0 saturated heterocycles. The van der Waals surface area contributed by atoms with Gasteiger partial charge in [-0.05, 0) is 51.2 Å². The van der Waals surface area contributed by atoms with Crippen LogP contribution in [0.15, 0.2) is 18.2 Å². The minimum atomic E-state index is -0.921. The van der Waals surface area contributed by atoms with E-state index in [1.807, 2.05) is 22.6 Å². The van der Waals surface area contributed by atoms with Crippen LogP contribution in [-0.2, 0) is 11.3 Å². The minimum Gasteiger partial charge on any atom is -0.481 e. The van der Waals surface area contributed by atoms with Crippen LogP contribution in [0.3, 0.4) is 0 Å². The van der Waals surface area contributed by atoms with E-state index in [0.29, 0.717) is 15.0 Å². The first-order valence-corrected chi connectivity index (χ1v) is 6.51. The second-order valence-electron chi connectivity index (χ2n) is 4.05. The number of carboxylic acids is 1. The number of hydrogen-bond acceptors (Lipinski definition) is 4. The highest BCUT2D eigenvalue weighted by Gasteiger charge is 2.18. The van der Waals surface area contributed by atoms with E-state index in [-0.39, 0.29) is 12.4 Å². The number of aromatic nitrogens is 4. The summed E-state index contributed by atoms with van der Waals surface area (Å²) in [6.07, 6.45) is 0. The zero-order valence-corrected chi connectivity index (χ0v) is 12.1. The van der Waals surface area contributed by atoms with Gasteiger partial charge >= 0.3 is 5.97 Å². The van der Waals surface area contributed by atoms with Crippen molar-refractivity contribution in [3.05, 3.63) is 27.6 Å². The normalized spacial score (nSPS) is 12.4. The Labute approximate surface area is 121 Å². The molecule has 19 heavy (non-hydrogen) atoms. The molecule has 1 heterocycles. The van der Waals surface area contributed by atoms with E-state index in [1.165, 1.54) is 16.8 Å². The Morgan fingerprint density at radius 1 is 1.58 bits per heavy atom. The molecule has 0 fully saturated rings. The van der Waals surface area contributed by atoms with Crippen LogP contribution in [0.4, 0.5) is 4.39 Å². The van der Waals surface area contributed by atoms with Gasteiger partial charge in [-0.15, -0.1) is 5.10 Å². The van der Waals surface area contributed by atoms with Crippen molar-refractivity contribution in [3.8, 4) is 11.4 Å². The summed E-state index contributed by atoms with van der Waals surface area (Å²) >= 11 is 1.99. The molecule has 0 bridgehead atoms. The molecule has 0 saturated carbocycles. The first-order chi connectivity index (χ1) is 8.99. The van der Waals surface area contributed by atoms with E-state index >= 15 is 0 Å². The average Bonchev–Trinajstić information content (AvgIpc) is 2.77. The molecule has 1 aromatic carbocycles. The highest BCUT2D eigenvalue weighted by atomic mass is 127. The zero-order valence-electron chi connectivity index (χ0n) is 9.92. The molecule has 2 aromatic rings. The van der Waals surface area contributed by atoms with Crippen molar-refractivity contribution >= 4 is 28.6 Å². The first-order valence-electron chi connectivity index (χ1n) is 5.43. The molecule has 1 unspecified atom stereocenters. The molecule has 1 N–H and O–H groups in total. The molecule has 0 radical (unpaired) electrons. The van der Waals surface area contributed by atoms with E-state index < -0.39 is 11.9 Å². The van der Waals surface area contributed by atoms with Gasteiger partial charge in [-0.1, -0.05) is 6.92 Å². The van der Waals surface area contributed by atoms with E-state index in [0.717, 1.165) is 0 Å². The summed E-state index contributed by atoms with van der Waals surface area (Å²) in [5.74, 6) is -1.45. The third kappa shape index (κ3) is 3.06. The molecule has 0 spiro atoms. The number of carboxylic acid groups (broad SMARTS) is 1. The van der Waals surface area contributed by atoms with Crippen LogP contribution < -0.4 is 0 Å². The number of nitrogens with zero attached hydrogens (tertiary/aromatic N) is 4. The fourth-order valence-electron chi connectivity index (χ4n) is 1.53. The second kappa shape index (κ2) is 5.59. The zero-order chi connectivity index (χ0) is 14.0. The number of tetrazole rings is 1. The van der Waals surface area contributed by atoms with Gasteiger partial charge in [0, 0.05) is 9.13 Å². The third-order valence-corrected chi connectivity index (χ3v) is 3.46. The molecule has 8 heteroatoms. The molecule has 6 nitrogen and oxygen atoms in total. The Kier molecular flexibility index (Phi) is 4.08. The van der Waals surface area contributed by atoms with Gasteiger partial charge in [-0.25, -0.2) is 9.07 Å². The Balaban J connectivity index is 2.36. The highest BCUT2D eigenvalue weighted by molar-refractivity contribution is 14.1. The lowest BCUT2D eigenvalue weighted by Crippen LogP contribution is -2.18. The van der Waals surface area contributed by atoms with Gasteiger partial charge in [0.05, 0.1) is 12.5 Å². The van der Waals surface area contributed by atoms with Crippen molar-refractivity contribution in [1.82, 2.24) is 20.2 Å². The van der Waals surface area contributed by atoms with Crippen molar-refractivity contribution in [2.24, 2.45) is 5.92 Å². The predicted molar refractivity (Wildman–Crippen MR) is 72.7 cm³/mol. The van der Waals surface area contributed by atoms with Crippen LogP contribution in [-0.4, -0.2) is 31.3 Å². The van der Waals surface area contributed by atoms with Gasteiger partial charge < -0.3 is 5.11 Å². The summed E-state index contributed by atoms with van der Waals surface area (Å²) < 4.78 is 15.1. The highest BCUT2D eigenvalue weighted by Crippen LogP contribution is 2.24. The largest absolute Gasteiger partial charge is 0.481 e. The van der Waals surface area contributed by atoms with Gasteiger partial charge in [0.25, 0.3) is 0 Å². The summed E-state index contributed by atoms with van der Waals surface area (Å²) in [6, 6.07) is 4.26. The summed E-state index contributed by atoms with van der Waals surface area (Å²) in [5.41, 5.74) is 0.671. The Hall–Kier alpha value is -1.58. The number of hydrogen-bond donors (Lipinski definition) is 1. The Morgan fingerprint density at radius 2 is 2.32 bits per heavy atom. The average molecular weight is 376 g/mol. The number of halogens is 2. The molecule has 1 atom stereocenters. The van der Waals surface area contributed by atoms with Gasteiger partial charge in [-0.3, -0.25) is 4.79 Å². The molecular formula is C11H10FIN4O2. The van der Waals surface area contributed by atoms with Crippen LogP contribution in [0.5, 0.6) is 0 Å². The number of carbonyl (C=O) groups is 1. The fraction of sp³-hybridized carbons (Fsp3) is 0.273. The Morgan fingerprint density at radius 3 is 2.95 bits per heavy atom. The molecule has 0 aliphatic carbocycles. The maximum Gasteiger partial charge on any atom is 0.308 e. The monoisotopic (exact) mass is 376 g/mol. The molecule has 0 aliphatic rings. The number of rotatable bonds is 4. The topological polar surface area (TPSA) is 80.9 Å². The molecular weight excluding hydrogens is 366 g/mol. The lowest BCUT2D eigenvalue weighted by Gasteiger charge is -2.09. The van der Waals surface area contributed by atoms with Crippen LogP contribution in [0.1, 0.15) is 6.92 Å². The van der Waals surface area contributed by atoms with Crippen molar-refractivity contribution in [3.63, 3.8) is 0 Å². The third-order valence-electron chi connectivity index (χ3n) is 2.57. The van der Waals surface area contributed by atoms with Gasteiger partial charge in [0.2, 0.25) is 0 Å². The first kappa shape index (κ1) is 13.8. The van der Waals surface area contributed by atoms with Gasteiger partial charge in [0.15, 0.2) is 5.82 Å². The van der Waals surface area contributed by atoms with Crippen LogP contribution in [0.25, 0.3) is 11.4 Å². The van der Waals surface area contributed by atoms with Crippen molar-refractivity contribution in [2.45, 2.75) is 13.5 Å². The van der Waals surface area contributed by atoms with Crippen molar-refractivity contribution < 1.29 is 14.3 Å². The van der Waals surface area contributed by atoms with Crippen molar-refractivity contribution in [2.75, 3.05) is 0 Å². The summed E-state index contributed by atoms with van der Waals surface area (Å²) in [7, 11) is 0. The molecule has 2 rings (SSSR count). The van der Waals surface area contributed by atoms with E-state index in [4.69, 9.17) is 5.11 Å². The Bertz CT molecular complexity index is 616. The summed E-state index contributed by atoms with van der Waals surface area (Å²) in [4.78, 5) is 10.9. The lowest BCUT2D eigenvalue weighted by molar-refractivity contribution is -0.141. The van der Waals surface area contributed by atoms with E-state index in [9.17, 15) is 9.18 Å². The minimum absolute atomic E-state index is 0.158. The van der Waals surface area contributed by atoms with Crippen LogP contribution in [0, 0.1) is 15.3 Å². The molecule has 1 aromatic heterocycles. The standard InChI is InChI=1S/C11H10FIN4O2/c1-6(11(18)19)5-17-10(14-15-16-17)8-3-2-7(12)4-9(8)13/h2-4,6H,5H2,1H3,(H,18,19). The summed E-state index contributed by atoms with van der Waals surface area (Å²) in [6.45, 7) is 1.73. The van der Waals surface area contributed by atoms with Gasteiger partial charge in [0.1, 0.15) is 5.82 Å². The van der Waals surface area contributed by atoms with Crippen LogP contribution >= 0.6 is 22.6 Å². The smallest absolute Gasteiger partial charge is 0.308 e. The number of benzene rings is 1. The fourth-order valence-corrected chi connectivity index (χ4v) is 2.25. The maximum atomic E-state index is 13.1. The van der Waals surface area contributed by atoms with Crippen LogP contribution in [0.2, 0.25) is 0 Å². The molecule has 100 valence electrons. The SMILES string of the molecule is CC(Cn1nnnc1-c1ccc(F)cc1I)C(=O)O. The quantitative estimate of drug-likeness (QED) is 0.824. The summed E-state index contributed by atoms with van der Waals surface area (Å²) in [5, 5.41) is 20.1. The lowest BCUT2D eigenvalue weighted by atomic mass is 10.1. The predicted octanol–water partition coefficient (Wildman–Crippen LogP) is 1.80. The van der Waals surface area contributed by atoms with Crippen molar-refractivity contribution in [1.29, 1.82) is 0 Å². The van der Waals surface area contributed by atoms with Gasteiger partial charge in [-0.2, -0.15) is 0 Å².